The Morgan fingerprint density at radius 1 is 0.870 bits per heavy atom. The van der Waals surface area contributed by atoms with E-state index in [-0.39, 0.29) is 37.5 Å². The molecule has 0 fully saturated rings. The first-order chi connectivity index (χ1) is 10.8. The molecule has 0 aliphatic rings. The molecule has 0 atom stereocenters. The third-order valence-corrected chi connectivity index (χ3v) is 5.47. The van der Waals surface area contributed by atoms with Gasteiger partial charge in [-0.3, -0.25) is 0 Å². The van der Waals surface area contributed by atoms with Crippen LogP contribution in [0.15, 0.2) is 6.33 Å². The zero-order chi connectivity index (χ0) is 17.1. The Morgan fingerprint density at radius 2 is 1.43 bits per heavy atom. The molecule has 0 aliphatic carbocycles. The second kappa shape index (κ2) is 8.15. The minimum Gasteiger partial charge on any atom is -0.489 e. The van der Waals surface area contributed by atoms with Crippen LogP contribution in [0.3, 0.4) is 0 Å². The second-order valence-corrected chi connectivity index (χ2v) is 6.56. The molecule has 1 heterocycles. The lowest BCUT2D eigenvalue weighted by atomic mass is 10.3. The van der Waals surface area contributed by atoms with Crippen LogP contribution in [0, 0.1) is 6.92 Å². The number of nitrogens with zero attached hydrogens (tertiary/aromatic N) is 2. The van der Waals surface area contributed by atoms with Crippen LogP contribution in [0.4, 0.5) is 5.82 Å². The predicted molar refractivity (Wildman–Crippen MR) is 97.3 cm³/mol. The van der Waals surface area contributed by atoms with Gasteiger partial charge in [0.05, 0.1) is 27.3 Å². The van der Waals surface area contributed by atoms with Crippen molar-refractivity contribution < 1.29 is 4.74 Å². The van der Waals surface area contributed by atoms with Crippen LogP contribution in [0.5, 0.6) is 5.75 Å². The van der Waals surface area contributed by atoms with Crippen LogP contribution < -0.4 is 10.1 Å². The van der Waals surface area contributed by atoms with E-state index in [0.717, 1.165) is 0 Å². The fourth-order valence-corrected chi connectivity index (χ4v) is 3.01. The molecule has 0 unspecified atom stereocenters. The molecule has 1 N–H and O–H groups in total. The summed E-state index contributed by atoms with van der Waals surface area (Å²) in [7, 11) is 0. The number of ether oxygens (including phenoxy) is 1. The number of halogens is 6. The highest BCUT2D eigenvalue weighted by Gasteiger charge is 2.20. The van der Waals surface area contributed by atoms with Crippen molar-refractivity contribution in [1.82, 2.24) is 9.97 Å². The van der Waals surface area contributed by atoms with E-state index < -0.39 is 0 Å². The summed E-state index contributed by atoms with van der Waals surface area (Å²) in [5.41, 5.74) is 0.674. The Bertz CT molecular complexity index is 711. The van der Waals surface area contributed by atoms with Gasteiger partial charge in [-0.2, -0.15) is 0 Å². The Morgan fingerprint density at radius 3 is 2.04 bits per heavy atom. The molecule has 1 aromatic heterocycles. The molecule has 0 amide bonds. The van der Waals surface area contributed by atoms with E-state index >= 15 is 0 Å². The van der Waals surface area contributed by atoms with E-state index in [1.807, 2.05) is 0 Å². The van der Waals surface area contributed by atoms with Gasteiger partial charge in [0, 0.05) is 0 Å². The van der Waals surface area contributed by atoms with Gasteiger partial charge in [-0.25, -0.2) is 9.97 Å². The molecule has 124 valence electrons. The number of rotatable bonds is 5. The van der Waals surface area contributed by atoms with E-state index in [2.05, 4.69) is 15.3 Å². The van der Waals surface area contributed by atoms with Crippen molar-refractivity contribution in [1.29, 1.82) is 0 Å². The summed E-state index contributed by atoms with van der Waals surface area (Å²) < 4.78 is 5.54. The summed E-state index contributed by atoms with van der Waals surface area (Å²) in [6.07, 6.45) is 1.41. The van der Waals surface area contributed by atoms with Gasteiger partial charge in [-0.05, 0) is 6.92 Å². The monoisotopic (exact) mass is 433 g/mol. The van der Waals surface area contributed by atoms with Crippen molar-refractivity contribution >= 4 is 75.4 Å². The molecule has 2 aromatic rings. The van der Waals surface area contributed by atoms with Gasteiger partial charge >= 0.3 is 0 Å². The molecule has 0 saturated heterocycles. The van der Waals surface area contributed by atoms with Gasteiger partial charge in [0.1, 0.15) is 33.8 Å². The summed E-state index contributed by atoms with van der Waals surface area (Å²) in [4.78, 5) is 8.01. The molecular weight excluding hydrogens is 427 g/mol. The Kier molecular flexibility index (Phi) is 6.72. The third-order valence-electron chi connectivity index (χ3n) is 2.77. The summed E-state index contributed by atoms with van der Waals surface area (Å²) in [6, 6.07) is 0. The van der Waals surface area contributed by atoms with Crippen LogP contribution >= 0.6 is 69.6 Å². The third kappa shape index (κ3) is 4.19. The summed E-state index contributed by atoms with van der Waals surface area (Å²) in [6.45, 7) is 2.39. The first-order valence-electron chi connectivity index (χ1n) is 6.19. The highest BCUT2D eigenvalue weighted by molar-refractivity contribution is 6.55. The molecule has 0 aliphatic heterocycles. The van der Waals surface area contributed by atoms with Crippen molar-refractivity contribution in [2.24, 2.45) is 0 Å². The number of benzene rings is 1. The molecular formula is C13H9Cl6N3O. The first kappa shape index (κ1) is 19.0. The van der Waals surface area contributed by atoms with Gasteiger partial charge in [-0.1, -0.05) is 69.6 Å². The van der Waals surface area contributed by atoms with E-state index in [4.69, 9.17) is 74.3 Å². The predicted octanol–water partition coefficient (Wildman–Crippen LogP) is 6.20. The van der Waals surface area contributed by atoms with Crippen LogP contribution in [-0.4, -0.2) is 23.1 Å². The highest BCUT2D eigenvalue weighted by atomic mass is 35.5. The minimum absolute atomic E-state index is 0.0806. The molecule has 4 nitrogen and oxygen atoms in total. The number of aryl methyl sites for hydroxylation is 1. The van der Waals surface area contributed by atoms with Crippen molar-refractivity contribution in [3.8, 4) is 5.75 Å². The van der Waals surface area contributed by atoms with Crippen molar-refractivity contribution in [2.75, 3.05) is 18.5 Å². The smallest absolute Gasteiger partial charge is 0.159 e. The normalized spacial score (nSPS) is 10.7. The number of hydrogen-bond acceptors (Lipinski definition) is 4. The topological polar surface area (TPSA) is 47.0 Å². The molecule has 10 heteroatoms. The summed E-state index contributed by atoms with van der Waals surface area (Å²) >= 11 is 36.1. The maximum absolute atomic E-state index is 6.08. The fraction of sp³-hybridized carbons (Fsp3) is 0.231. The van der Waals surface area contributed by atoms with Crippen LogP contribution in [0.2, 0.25) is 30.1 Å². The minimum atomic E-state index is 0.0806. The van der Waals surface area contributed by atoms with E-state index in [0.29, 0.717) is 23.1 Å². The zero-order valence-electron chi connectivity index (χ0n) is 11.6. The van der Waals surface area contributed by atoms with Gasteiger partial charge in [0.25, 0.3) is 0 Å². The Balaban J connectivity index is 2.04. The summed E-state index contributed by atoms with van der Waals surface area (Å²) in [5, 5.41) is 3.91. The number of aromatic nitrogens is 2. The molecule has 23 heavy (non-hydrogen) atoms. The lowest BCUT2D eigenvalue weighted by Crippen LogP contribution is -2.13. The Hall–Kier alpha value is -0.360. The maximum Gasteiger partial charge on any atom is 0.159 e. The molecule has 0 saturated carbocycles. The van der Waals surface area contributed by atoms with Crippen molar-refractivity contribution in [3.05, 3.63) is 42.2 Å². The van der Waals surface area contributed by atoms with E-state index in [1.165, 1.54) is 6.33 Å². The van der Waals surface area contributed by atoms with E-state index in [9.17, 15) is 0 Å². The number of nitrogens with one attached hydrogen (secondary N) is 1. The van der Waals surface area contributed by atoms with Crippen LogP contribution in [0.1, 0.15) is 5.69 Å². The Labute approximate surface area is 163 Å². The molecule has 0 spiro atoms. The standard InChI is InChI=1S/C13H9Cl6N3O/c1-5-6(14)13(22-4-21-5)20-2-3-23-12-10(18)8(16)7(15)9(17)11(12)19/h4H,2-3H2,1H3,(H,20,21,22). The fourth-order valence-electron chi connectivity index (χ4n) is 1.62. The van der Waals surface area contributed by atoms with Crippen LogP contribution in [0.25, 0.3) is 0 Å². The van der Waals surface area contributed by atoms with Crippen LogP contribution in [-0.2, 0) is 0 Å². The van der Waals surface area contributed by atoms with E-state index in [1.54, 1.807) is 6.92 Å². The molecule has 1 aromatic carbocycles. The van der Waals surface area contributed by atoms with Crippen molar-refractivity contribution in [2.45, 2.75) is 6.92 Å². The zero-order valence-corrected chi connectivity index (χ0v) is 16.1. The van der Waals surface area contributed by atoms with Gasteiger partial charge in [-0.15, -0.1) is 0 Å². The lowest BCUT2D eigenvalue weighted by molar-refractivity contribution is 0.333. The van der Waals surface area contributed by atoms with Crippen molar-refractivity contribution in [3.63, 3.8) is 0 Å². The maximum atomic E-state index is 6.08. The number of anilines is 1. The van der Waals surface area contributed by atoms with Gasteiger partial charge < -0.3 is 10.1 Å². The highest BCUT2D eigenvalue weighted by Crippen LogP contribution is 2.48. The average molecular weight is 436 g/mol. The molecule has 2 rings (SSSR count). The molecule has 0 radical (unpaired) electrons. The quantitative estimate of drug-likeness (QED) is 0.345. The largest absolute Gasteiger partial charge is 0.489 e. The second-order valence-electron chi connectivity index (χ2n) is 4.30. The SMILES string of the molecule is Cc1ncnc(NCCOc2c(Cl)c(Cl)c(Cl)c(Cl)c2Cl)c1Cl. The number of hydrogen-bond donors (Lipinski definition) is 1. The average Bonchev–Trinajstić information content (AvgIpc) is 2.54. The van der Waals surface area contributed by atoms with Gasteiger partial charge in [0.2, 0.25) is 0 Å². The first-order valence-corrected chi connectivity index (χ1v) is 8.46. The lowest BCUT2D eigenvalue weighted by Gasteiger charge is -2.14. The molecule has 0 bridgehead atoms. The summed E-state index contributed by atoms with van der Waals surface area (Å²) in [5.74, 6) is 0.673. The van der Waals surface area contributed by atoms with Gasteiger partial charge in [0.15, 0.2) is 5.75 Å².